The van der Waals surface area contributed by atoms with Crippen molar-refractivity contribution >= 4 is 10.9 Å². The van der Waals surface area contributed by atoms with Crippen LogP contribution in [0.2, 0.25) is 0 Å². The number of fused-ring (bicyclic) bond motifs is 1. The van der Waals surface area contributed by atoms with Crippen molar-refractivity contribution in [2.45, 2.75) is 0 Å². The van der Waals surface area contributed by atoms with Crippen LogP contribution in [0.15, 0.2) is 30.6 Å². The number of nitrogens with zero attached hydrogens (tertiary/aromatic N) is 2. The Labute approximate surface area is 69.8 Å². The van der Waals surface area contributed by atoms with Crippen molar-refractivity contribution in [3.63, 3.8) is 0 Å². The molecule has 2 aromatic heterocycles. The summed E-state index contributed by atoms with van der Waals surface area (Å²) in [6.45, 7) is 0. The van der Waals surface area contributed by atoms with E-state index in [1.165, 1.54) is 0 Å². The molecule has 3 nitrogen and oxygen atoms in total. The van der Waals surface area contributed by atoms with Gasteiger partial charge in [-0.15, -0.1) is 0 Å². The molecular weight excluding hydrogens is 150 g/mol. The van der Waals surface area contributed by atoms with Gasteiger partial charge in [-0.05, 0) is 18.2 Å². The summed E-state index contributed by atoms with van der Waals surface area (Å²) < 4.78 is 1.77. The smallest absolute Gasteiger partial charge is 0.134 e. The molecule has 0 atom stereocenters. The lowest BCUT2D eigenvalue weighted by Crippen LogP contribution is -2.15. The van der Waals surface area contributed by atoms with Gasteiger partial charge in [-0.2, -0.15) is 0 Å². The average Bonchev–Trinajstić information content (AvgIpc) is 2.12. The van der Waals surface area contributed by atoms with E-state index in [1.807, 2.05) is 31.4 Å². The van der Waals surface area contributed by atoms with Gasteiger partial charge in [0.1, 0.15) is 5.49 Å². The summed E-state index contributed by atoms with van der Waals surface area (Å²) in [4.78, 5) is 4.15. The summed E-state index contributed by atoms with van der Waals surface area (Å²) in [5, 5.41) is 8.60. The van der Waals surface area contributed by atoms with Crippen LogP contribution in [0.1, 0.15) is 0 Å². The lowest BCUT2D eigenvalue weighted by atomic mass is 10.2. The Bertz CT molecular complexity index is 470. The van der Waals surface area contributed by atoms with E-state index in [-0.39, 0.29) is 0 Å². The lowest BCUT2D eigenvalue weighted by Gasteiger charge is -2.00. The number of nitrogens with one attached hydrogen (secondary N) is 1. The summed E-state index contributed by atoms with van der Waals surface area (Å²) in [7, 11) is 1.86. The molecule has 0 spiro atoms. The standard InChI is InChI=1S/C9H9N3/c1-12-6-4-8-7(9(12)10)3-2-5-11-8/h2-6,10H,1H3. The van der Waals surface area contributed by atoms with Gasteiger partial charge < -0.3 is 4.57 Å². The molecule has 1 N–H and O–H groups in total. The fourth-order valence-electron chi connectivity index (χ4n) is 1.20. The van der Waals surface area contributed by atoms with Gasteiger partial charge in [0.25, 0.3) is 0 Å². The fraction of sp³-hybridized carbons (Fsp3) is 0.111. The van der Waals surface area contributed by atoms with Crippen molar-refractivity contribution in [1.29, 1.82) is 5.41 Å². The molecule has 0 unspecified atom stereocenters. The van der Waals surface area contributed by atoms with Gasteiger partial charge in [0.15, 0.2) is 0 Å². The zero-order valence-electron chi connectivity index (χ0n) is 6.78. The van der Waals surface area contributed by atoms with Gasteiger partial charge in [0.2, 0.25) is 0 Å². The summed E-state index contributed by atoms with van der Waals surface area (Å²) >= 11 is 0. The monoisotopic (exact) mass is 159 g/mol. The predicted octanol–water partition coefficient (Wildman–Crippen LogP) is 1.05. The molecule has 0 aromatic carbocycles. The highest BCUT2D eigenvalue weighted by Gasteiger charge is 1.95. The third-order valence-electron chi connectivity index (χ3n) is 1.90. The molecule has 0 aliphatic carbocycles. The zero-order valence-corrected chi connectivity index (χ0v) is 6.78. The van der Waals surface area contributed by atoms with E-state index in [2.05, 4.69) is 4.98 Å². The predicted molar refractivity (Wildman–Crippen MR) is 46.6 cm³/mol. The second-order valence-corrected chi connectivity index (χ2v) is 2.71. The van der Waals surface area contributed by atoms with E-state index in [0.29, 0.717) is 5.49 Å². The summed E-state index contributed by atoms with van der Waals surface area (Å²) in [5.41, 5.74) is 1.38. The van der Waals surface area contributed by atoms with Crippen molar-refractivity contribution in [2.75, 3.05) is 0 Å². The quantitative estimate of drug-likeness (QED) is 0.613. The first-order valence-electron chi connectivity index (χ1n) is 3.74. The Hall–Kier alpha value is -1.64. The lowest BCUT2D eigenvalue weighted by molar-refractivity contribution is 0.830. The van der Waals surface area contributed by atoms with Crippen LogP contribution in [0.25, 0.3) is 10.9 Å². The highest BCUT2D eigenvalue weighted by Crippen LogP contribution is 2.02. The Morgan fingerprint density at radius 3 is 3.08 bits per heavy atom. The topological polar surface area (TPSA) is 41.7 Å². The maximum Gasteiger partial charge on any atom is 0.134 e. The van der Waals surface area contributed by atoms with Gasteiger partial charge in [0, 0.05) is 24.8 Å². The Morgan fingerprint density at radius 1 is 1.42 bits per heavy atom. The van der Waals surface area contributed by atoms with Crippen LogP contribution >= 0.6 is 0 Å². The summed E-state index contributed by atoms with van der Waals surface area (Å²) in [6.07, 6.45) is 3.58. The van der Waals surface area contributed by atoms with Crippen molar-refractivity contribution in [3.05, 3.63) is 36.1 Å². The van der Waals surface area contributed by atoms with Crippen molar-refractivity contribution in [3.8, 4) is 0 Å². The van der Waals surface area contributed by atoms with Crippen LogP contribution in [0, 0.1) is 5.41 Å². The highest BCUT2D eigenvalue weighted by molar-refractivity contribution is 5.76. The van der Waals surface area contributed by atoms with Gasteiger partial charge in [-0.1, -0.05) is 0 Å². The van der Waals surface area contributed by atoms with Gasteiger partial charge in [-0.3, -0.25) is 10.4 Å². The van der Waals surface area contributed by atoms with Crippen molar-refractivity contribution in [2.24, 2.45) is 7.05 Å². The van der Waals surface area contributed by atoms with Gasteiger partial charge >= 0.3 is 0 Å². The molecule has 0 saturated carbocycles. The average molecular weight is 159 g/mol. The molecule has 2 rings (SSSR count). The minimum Gasteiger partial charge on any atom is -0.336 e. The third-order valence-corrected chi connectivity index (χ3v) is 1.90. The van der Waals surface area contributed by atoms with E-state index in [9.17, 15) is 0 Å². The molecule has 2 heterocycles. The van der Waals surface area contributed by atoms with E-state index in [0.717, 1.165) is 10.9 Å². The Morgan fingerprint density at radius 2 is 2.25 bits per heavy atom. The largest absolute Gasteiger partial charge is 0.336 e. The molecular formula is C9H9N3. The number of hydrogen-bond acceptors (Lipinski definition) is 2. The van der Waals surface area contributed by atoms with E-state index < -0.39 is 0 Å². The molecule has 0 aliphatic heterocycles. The second kappa shape index (κ2) is 2.44. The molecule has 3 heteroatoms. The Balaban J connectivity index is 3.01. The molecule has 0 amide bonds. The first-order chi connectivity index (χ1) is 5.79. The first-order valence-corrected chi connectivity index (χ1v) is 3.74. The van der Waals surface area contributed by atoms with E-state index in [1.54, 1.807) is 10.8 Å². The number of rotatable bonds is 0. The highest BCUT2D eigenvalue weighted by atomic mass is 14.9. The molecule has 0 aliphatic rings. The molecule has 2 aromatic rings. The maximum atomic E-state index is 7.71. The minimum absolute atomic E-state index is 0.501. The van der Waals surface area contributed by atoms with Gasteiger partial charge in [-0.25, -0.2) is 0 Å². The number of hydrogen-bond donors (Lipinski definition) is 1. The first kappa shape index (κ1) is 7.03. The molecule has 12 heavy (non-hydrogen) atoms. The van der Waals surface area contributed by atoms with Crippen LogP contribution in [0.3, 0.4) is 0 Å². The SMILES string of the molecule is Cn1ccc2ncccc2c1=N. The molecule has 60 valence electrons. The minimum atomic E-state index is 0.501. The third kappa shape index (κ3) is 0.906. The normalized spacial score (nSPS) is 10.4. The molecule has 0 saturated heterocycles. The van der Waals surface area contributed by atoms with Crippen molar-refractivity contribution in [1.82, 2.24) is 9.55 Å². The fourth-order valence-corrected chi connectivity index (χ4v) is 1.20. The van der Waals surface area contributed by atoms with E-state index in [4.69, 9.17) is 5.41 Å². The van der Waals surface area contributed by atoms with Crippen molar-refractivity contribution < 1.29 is 0 Å². The van der Waals surface area contributed by atoms with Crippen LogP contribution in [0.5, 0.6) is 0 Å². The molecule has 0 radical (unpaired) electrons. The van der Waals surface area contributed by atoms with Crippen LogP contribution in [-0.2, 0) is 7.05 Å². The van der Waals surface area contributed by atoms with Crippen LogP contribution in [0.4, 0.5) is 0 Å². The van der Waals surface area contributed by atoms with E-state index >= 15 is 0 Å². The zero-order chi connectivity index (χ0) is 8.55. The summed E-state index contributed by atoms with van der Waals surface area (Å²) in [5.74, 6) is 0. The number of aromatic nitrogens is 2. The number of aryl methyl sites for hydroxylation is 1. The second-order valence-electron chi connectivity index (χ2n) is 2.71. The Kier molecular flexibility index (Phi) is 1.43. The van der Waals surface area contributed by atoms with Crippen LogP contribution < -0.4 is 5.49 Å². The molecule has 0 fully saturated rings. The van der Waals surface area contributed by atoms with Gasteiger partial charge in [0.05, 0.1) is 5.52 Å². The number of pyridine rings is 2. The maximum absolute atomic E-state index is 7.71. The summed E-state index contributed by atoms with van der Waals surface area (Å²) in [6, 6.07) is 5.67. The molecule has 0 bridgehead atoms. The van der Waals surface area contributed by atoms with Crippen LogP contribution in [-0.4, -0.2) is 9.55 Å².